The number of hydrogen-bond donors (Lipinski definition) is 1. The third-order valence-electron chi connectivity index (χ3n) is 4.45. The maximum Gasteiger partial charge on any atom is 0.340 e. The van der Waals surface area contributed by atoms with Gasteiger partial charge >= 0.3 is 5.97 Å². The number of aromatic nitrogens is 1. The lowest BCUT2D eigenvalue weighted by atomic mass is 10.1. The molecule has 1 saturated heterocycles. The number of carbonyl (C=O) groups excluding carboxylic acids is 2. The molecule has 23 heavy (non-hydrogen) atoms. The first-order valence-electron chi connectivity index (χ1n) is 8.37. The Morgan fingerprint density at radius 3 is 2.52 bits per heavy atom. The second kappa shape index (κ2) is 7.64. The van der Waals surface area contributed by atoms with E-state index < -0.39 is 0 Å². The maximum atomic E-state index is 12.8. The Labute approximate surface area is 137 Å². The number of carbonyl (C=O) groups is 2. The predicted octanol–water partition coefficient (Wildman–Crippen LogP) is 1.98. The van der Waals surface area contributed by atoms with Crippen molar-refractivity contribution in [1.82, 2.24) is 14.8 Å². The molecule has 0 spiro atoms. The zero-order chi connectivity index (χ0) is 17.0. The van der Waals surface area contributed by atoms with Crippen molar-refractivity contribution >= 4 is 11.9 Å². The van der Waals surface area contributed by atoms with E-state index in [9.17, 15) is 9.59 Å². The highest BCUT2D eigenvalue weighted by atomic mass is 16.5. The molecule has 1 aromatic rings. The minimum absolute atomic E-state index is 0.0286. The topological polar surface area (TPSA) is 65.6 Å². The number of hydrogen-bond acceptors (Lipinski definition) is 4. The van der Waals surface area contributed by atoms with Crippen molar-refractivity contribution in [1.29, 1.82) is 0 Å². The van der Waals surface area contributed by atoms with E-state index in [0.717, 1.165) is 39.1 Å². The van der Waals surface area contributed by atoms with E-state index in [1.165, 1.54) is 0 Å². The van der Waals surface area contributed by atoms with Crippen molar-refractivity contribution in [3.05, 3.63) is 22.5 Å². The number of nitrogens with one attached hydrogen (secondary N) is 1. The molecule has 2 rings (SSSR count). The fourth-order valence-corrected chi connectivity index (χ4v) is 3.12. The largest absolute Gasteiger partial charge is 0.462 e. The molecule has 0 aliphatic carbocycles. The van der Waals surface area contributed by atoms with Gasteiger partial charge in [-0.1, -0.05) is 6.92 Å². The summed E-state index contributed by atoms with van der Waals surface area (Å²) in [4.78, 5) is 32.2. The summed E-state index contributed by atoms with van der Waals surface area (Å²) in [6.45, 7) is 12.3. The average Bonchev–Trinajstić information content (AvgIpc) is 2.70. The van der Waals surface area contributed by atoms with Crippen LogP contribution in [0, 0.1) is 13.8 Å². The minimum Gasteiger partial charge on any atom is -0.462 e. The molecule has 1 aliphatic heterocycles. The van der Waals surface area contributed by atoms with Crippen LogP contribution in [0.2, 0.25) is 0 Å². The van der Waals surface area contributed by atoms with Crippen LogP contribution in [-0.4, -0.2) is 66.0 Å². The van der Waals surface area contributed by atoms with Crippen LogP contribution in [0.5, 0.6) is 0 Å². The molecule has 1 fully saturated rings. The maximum absolute atomic E-state index is 12.8. The van der Waals surface area contributed by atoms with Crippen molar-refractivity contribution in [3.8, 4) is 0 Å². The fraction of sp³-hybridized carbons (Fsp3) is 0.647. The van der Waals surface area contributed by atoms with Gasteiger partial charge in [0.05, 0.1) is 12.2 Å². The second-order valence-corrected chi connectivity index (χ2v) is 5.93. The van der Waals surface area contributed by atoms with Crippen molar-refractivity contribution < 1.29 is 14.3 Å². The molecule has 0 radical (unpaired) electrons. The number of aryl methyl sites for hydroxylation is 1. The zero-order valence-corrected chi connectivity index (χ0v) is 14.6. The summed E-state index contributed by atoms with van der Waals surface area (Å²) in [7, 11) is 0. The summed E-state index contributed by atoms with van der Waals surface area (Å²) in [5.41, 5.74) is 2.37. The van der Waals surface area contributed by atoms with Crippen molar-refractivity contribution in [2.45, 2.75) is 34.1 Å². The molecule has 6 heteroatoms. The van der Waals surface area contributed by atoms with Gasteiger partial charge in [0, 0.05) is 25.3 Å². The first kappa shape index (κ1) is 17.5. The molecule has 0 saturated carbocycles. The van der Waals surface area contributed by atoms with Crippen LogP contribution >= 0.6 is 0 Å². The van der Waals surface area contributed by atoms with Gasteiger partial charge in [0.2, 0.25) is 0 Å². The normalized spacial score (nSPS) is 16.3. The number of H-pyrrole nitrogens is 1. The molecule has 0 aromatic carbocycles. The van der Waals surface area contributed by atoms with Gasteiger partial charge in [-0.15, -0.1) is 0 Å². The van der Waals surface area contributed by atoms with Crippen molar-refractivity contribution in [2.24, 2.45) is 0 Å². The van der Waals surface area contributed by atoms with Gasteiger partial charge in [0.25, 0.3) is 5.91 Å². The van der Waals surface area contributed by atoms with E-state index in [1.807, 2.05) is 4.90 Å². The quantitative estimate of drug-likeness (QED) is 0.861. The number of nitrogens with zero attached hydrogens (tertiary/aromatic N) is 2. The monoisotopic (exact) mass is 321 g/mol. The molecule has 0 bridgehead atoms. The highest BCUT2D eigenvalue weighted by molar-refractivity contribution is 6.00. The summed E-state index contributed by atoms with van der Waals surface area (Å²) in [5, 5.41) is 0. The molecule has 1 aromatic heterocycles. The highest BCUT2D eigenvalue weighted by Crippen LogP contribution is 2.21. The Morgan fingerprint density at radius 1 is 1.13 bits per heavy atom. The van der Waals surface area contributed by atoms with Gasteiger partial charge in [-0.25, -0.2) is 4.79 Å². The SMILES string of the molecule is CCOC(=O)c1c(C)[nH]c(C(=O)N2CCCN(CC)CC2)c1C. The zero-order valence-electron chi connectivity index (χ0n) is 14.6. The standard InChI is InChI=1S/C17H27N3O3/c1-5-19-8-7-9-20(11-10-19)16(21)15-12(3)14(13(4)18-15)17(22)23-6-2/h18H,5-11H2,1-4H3. The molecule has 0 atom stereocenters. The molecule has 0 unspecified atom stereocenters. The third-order valence-corrected chi connectivity index (χ3v) is 4.45. The molecule has 6 nitrogen and oxygen atoms in total. The summed E-state index contributed by atoms with van der Waals surface area (Å²) in [5.74, 6) is -0.398. The third kappa shape index (κ3) is 3.75. The fourth-order valence-electron chi connectivity index (χ4n) is 3.12. The van der Waals surface area contributed by atoms with Crippen molar-refractivity contribution in [3.63, 3.8) is 0 Å². The van der Waals surface area contributed by atoms with Gasteiger partial charge in [0.15, 0.2) is 0 Å². The van der Waals surface area contributed by atoms with Crippen LogP contribution in [0.1, 0.15) is 52.4 Å². The molecular formula is C17H27N3O3. The Balaban J connectivity index is 2.20. The number of ether oxygens (including phenoxy) is 1. The number of esters is 1. The van der Waals surface area contributed by atoms with Crippen molar-refractivity contribution in [2.75, 3.05) is 39.3 Å². The smallest absolute Gasteiger partial charge is 0.340 e. The Bertz CT molecular complexity index is 580. The Kier molecular flexibility index (Phi) is 5.82. The van der Waals surface area contributed by atoms with Crippen LogP contribution in [0.15, 0.2) is 0 Å². The van der Waals surface area contributed by atoms with E-state index in [-0.39, 0.29) is 11.9 Å². The Morgan fingerprint density at radius 2 is 1.87 bits per heavy atom. The molecule has 1 amide bonds. The number of aromatic amines is 1. The molecule has 1 N–H and O–H groups in total. The lowest BCUT2D eigenvalue weighted by Gasteiger charge is -2.21. The van der Waals surface area contributed by atoms with Crippen LogP contribution in [-0.2, 0) is 4.74 Å². The molecular weight excluding hydrogens is 294 g/mol. The minimum atomic E-state index is -0.370. The lowest BCUT2D eigenvalue weighted by molar-refractivity contribution is 0.0525. The van der Waals surface area contributed by atoms with Gasteiger partial charge in [0.1, 0.15) is 5.69 Å². The summed E-state index contributed by atoms with van der Waals surface area (Å²) in [6.07, 6.45) is 0.975. The molecule has 2 heterocycles. The summed E-state index contributed by atoms with van der Waals surface area (Å²) < 4.78 is 5.09. The number of likely N-dealkylation sites (N-methyl/N-ethyl adjacent to an activating group) is 1. The lowest BCUT2D eigenvalue weighted by Crippen LogP contribution is -2.35. The van der Waals surface area contributed by atoms with Crippen LogP contribution in [0.25, 0.3) is 0 Å². The molecule has 128 valence electrons. The number of rotatable bonds is 4. The van der Waals surface area contributed by atoms with E-state index in [2.05, 4.69) is 16.8 Å². The van der Waals surface area contributed by atoms with Crippen LogP contribution < -0.4 is 0 Å². The van der Waals surface area contributed by atoms with Gasteiger partial charge in [-0.05, 0) is 45.8 Å². The average molecular weight is 321 g/mol. The van der Waals surface area contributed by atoms with Gasteiger partial charge in [-0.3, -0.25) is 4.79 Å². The second-order valence-electron chi connectivity index (χ2n) is 5.93. The van der Waals surface area contributed by atoms with Crippen LogP contribution in [0.3, 0.4) is 0 Å². The van der Waals surface area contributed by atoms with Crippen LogP contribution in [0.4, 0.5) is 0 Å². The van der Waals surface area contributed by atoms with E-state index in [1.54, 1.807) is 20.8 Å². The predicted molar refractivity (Wildman–Crippen MR) is 88.9 cm³/mol. The number of amides is 1. The van der Waals surface area contributed by atoms with E-state index in [4.69, 9.17) is 4.74 Å². The summed E-state index contributed by atoms with van der Waals surface area (Å²) >= 11 is 0. The van der Waals surface area contributed by atoms with E-state index >= 15 is 0 Å². The highest BCUT2D eigenvalue weighted by Gasteiger charge is 2.26. The van der Waals surface area contributed by atoms with Gasteiger partial charge in [-0.2, -0.15) is 0 Å². The summed E-state index contributed by atoms with van der Waals surface area (Å²) in [6, 6.07) is 0. The first-order valence-corrected chi connectivity index (χ1v) is 8.37. The molecule has 1 aliphatic rings. The Hall–Kier alpha value is -1.82. The van der Waals surface area contributed by atoms with Gasteiger partial charge < -0.3 is 19.5 Å². The van der Waals surface area contributed by atoms with E-state index in [0.29, 0.717) is 29.1 Å². The first-order chi connectivity index (χ1) is 11.0.